The third-order valence-corrected chi connectivity index (χ3v) is 3.59. The molecule has 94 valence electrons. The van der Waals surface area contributed by atoms with Gasteiger partial charge in [-0.3, -0.25) is 4.79 Å². The van der Waals surface area contributed by atoms with Crippen LogP contribution in [0.15, 0.2) is 6.07 Å². The van der Waals surface area contributed by atoms with Crippen molar-refractivity contribution in [1.82, 2.24) is 0 Å². The number of carbonyl (C=O) groups is 1. The molecule has 0 aliphatic heterocycles. The molecule has 0 radical (unpaired) electrons. The maximum Gasteiger partial charge on any atom is 0.144 e. The smallest absolute Gasteiger partial charge is 0.144 e. The van der Waals surface area contributed by atoms with E-state index in [9.17, 15) is 9.18 Å². The van der Waals surface area contributed by atoms with E-state index in [1.165, 1.54) is 0 Å². The molecule has 0 spiro atoms. The summed E-state index contributed by atoms with van der Waals surface area (Å²) in [6.45, 7) is 5.85. The van der Waals surface area contributed by atoms with Gasteiger partial charge in [-0.25, -0.2) is 4.39 Å². The molecule has 0 amide bonds. The van der Waals surface area contributed by atoms with Crippen LogP contribution >= 0.6 is 0 Å². The average Bonchev–Trinajstić information content (AvgIpc) is 2.27. The molecule has 0 bridgehead atoms. The summed E-state index contributed by atoms with van der Waals surface area (Å²) in [5.41, 5.74) is 2.42. The summed E-state index contributed by atoms with van der Waals surface area (Å²) >= 11 is 0. The van der Waals surface area contributed by atoms with Crippen molar-refractivity contribution in [2.75, 3.05) is 0 Å². The average molecular weight is 245 g/mol. The van der Waals surface area contributed by atoms with E-state index in [4.69, 9.17) is 5.26 Å². The van der Waals surface area contributed by atoms with E-state index >= 15 is 0 Å². The lowest BCUT2D eigenvalue weighted by molar-refractivity contribution is -0.119. The Morgan fingerprint density at radius 2 is 2.17 bits per heavy atom. The fraction of sp³-hybridized carbons (Fsp3) is 0.467. The highest BCUT2D eigenvalue weighted by Crippen LogP contribution is 2.37. The predicted molar refractivity (Wildman–Crippen MR) is 66.9 cm³/mol. The van der Waals surface area contributed by atoms with Crippen LogP contribution in [-0.2, 0) is 11.2 Å². The maximum absolute atomic E-state index is 14.2. The predicted octanol–water partition coefficient (Wildman–Crippen LogP) is 3.44. The number of rotatable bonds is 1. The van der Waals surface area contributed by atoms with E-state index in [0.29, 0.717) is 18.4 Å². The first-order valence-corrected chi connectivity index (χ1v) is 6.22. The van der Waals surface area contributed by atoms with Crippen molar-refractivity contribution >= 4 is 5.78 Å². The molecule has 0 fully saturated rings. The first kappa shape index (κ1) is 12.8. The molecule has 1 aromatic carbocycles. The first-order valence-electron chi connectivity index (χ1n) is 6.22. The quantitative estimate of drug-likeness (QED) is 0.760. The molecule has 3 heteroatoms. The number of nitrogens with zero attached hydrogens (tertiary/aromatic N) is 1. The van der Waals surface area contributed by atoms with Crippen molar-refractivity contribution in [1.29, 1.82) is 5.26 Å². The first-order chi connectivity index (χ1) is 8.45. The molecule has 1 aliphatic carbocycles. The van der Waals surface area contributed by atoms with E-state index < -0.39 is 5.82 Å². The van der Waals surface area contributed by atoms with Crippen molar-refractivity contribution in [3.8, 4) is 6.07 Å². The van der Waals surface area contributed by atoms with Crippen LogP contribution in [0.1, 0.15) is 61.3 Å². The Balaban J connectivity index is 2.76. The molecule has 1 aromatic rings. The number of benzene rings is 1. The number of nitriles is 1. The Morgan fingerprint density at radius 3 is 2.72 bits per heavy atom. The summed E-state index contributed by atoms with van der Waals surface area (Å²) in [7, 11) is 0. The molecular formula is C15H16FNO. The Kier molecular flexibility index (Phi) is 3.21. The van der Waals surface area contributed by atoms with E-state index in [-0.39, 0.29) is 23.2 Å². The van der Waals surface area contributed by atoms with Gasteiger partial charge in [-0.2, -0.15) is 5.26 Å². The van der Waals surface area contributed by atoms with Crippen molar-refractivity contribution < 1.29 is 9.18 Å². The second-order valence-electron chi connectivity index (χ2n) is 5.31. The Hall–Kier alpha value is -1.69. The molecule has 0 aromatic heterocycles. The van der Waals surface area contributed by atoms with Gasteiger partial charge >= 0.3 is 0 Å². The Morgan fingerprint density at radius 1 is 1.50 bits per heavy atom. The van der Waals surface area contributed by atoms with Crippen LogP contribution in [0.5, 0.6) is 0 Å². The van der Waals surface area contributed by atoms with Crippen LogP contribution in [-0.4, -0.2) is 5.78 Å². The summed E-state index contributed by atoms with van der Waals surface area (Å²) in [6.07, 6.45) is 0.673. The van der Waals surface area contributed by atoms with Gasteiger partial charge in [0.1, 0.15) is 17.7 Å². The molecule has 0 saturated heterocycles. The second-order valence-corrected chi connectivity index (χ2v) is 5.31. The zero-order chi connectivity index (χ0) is 13.4. The van der Waals surface area contributed by atoms with E-state index in [2.05, 4.69) is 0 Å². The van der Waals surface area contributed by atoms with E-state index in [0.717, 1.165) is 11.1 Å². The van der Waals surface area contributed by atoms with Crippen molar-refractivity contribution in [3.63, 3.8) is 0 Å². The molecule has 2 rings (SSSR count). The van der Waals surface area contributed by atoms with Gasteiger partial charge in [-0.05, 0) is 34.6 Å². The minimum atomic E-state index is -0.433. The maximum atomic E-state index is 14.2. The van der Waals surface area contributed by atoms with Gasteiger partial charge in [-0.15, -0.1) is 0 Å². The highest BCUT2D eigenvalue weighted by molar-refractivity contribution is 5.84. The lowest BCUT2D eigenvalue weighted by Crippen LogP contribution is -2.21. The molecule has 1 aliphatic rings. The molecular weight excluding hydrogens is 229 g/mol. The summed E-state index contributed by atoms with van der Waals surface area (Å²) in [4.78, 5) is 11.7. The number of halogens is 1. The highest BCUT2D eigenvalue weighted by Gasteiger charge is 2.29. The molecule has 1 unspecified atom stereocenters. The summed E-state index contributed by atoms with van der Waals surface area (Å²) in [5, 5.41) is 9.01. The van der Waals surface area contributed by atoms with Crippen LogP contribution in [0.2, 0.25) is 0 Å². The standard InChI is InChI=1S/C15H16FNO/c1-8(2)12-5-10(7-17)15(16)14-9(3)4-11(18)6-13(12)14/h5,8-9H,4,6H2,1-3H3. The molecule has 0 saturated carbocycles. The third kappa shape index (κ3) is 1.92. The van der Waals surface area contributed by atoms with E-state index in [1.54, 1.807) is 6.07 Å². The Labute approximate surface area is 106 Å². The minimum Gasteiger partial charge on any atom is -0.299 e. The van der Waals surface area contributed by atoms with Crippen LogP contribution in [0.25, 0.3) is 0 Å². The lowest BCUT2D eigenvalue weighted by atomic mass is 9.77. The zero-order valence-corrected chi connectivity index (χ0v) is 10.9. The minimum absolute atomic E-state index is 0.0960. The van der Waals surface area contributed by atoms with Gasteiger partial charge in [0, 0.05) is 12.8 Å². The summed E-state index contributed by atoms with van der Waals surface area (Å²) < 4.78 is 14.2. The van der Waals surface area contributed by atoms with Crippen molar-refractivity contribution in [2.45, 2.75) is 45.4 Å². The molecule has 1 atom stereocenters. The fourth-order valence-corrected chi connectivity index (χ4v) is 2.76. The van der Waals surface area contributed by atoms with Crippen LogP contribution in [0, 0.1) is 17.1 Å². The molecule has 0 N–H and O–H groups in total. The second kappa shape index (κ2) is 4.53. The number of carbonyl (C=O) groups excluding carboxylic acids is 1. The number of Topliss-reactive ketones (excluding diaryl/α,β-unsaturated/α-hetero) is 1. The van der Waals surface area contributed by atoms with E-state index in [1.807, 2.05) is 26.8 Å². The number of fused-ring (bicyclic) bond motifs is 1. The van der Waals surface area contributed by atoms with Crippen LogP contribution < -0.4 is 0 Å². The summed E-state index contributed by atoms with van der Waals surface area (Å²) in [6, 6.07) is 3.51. The normalized spacial score (nSPS) is 18.7. The number of ketones is 1. The van der Waals surface area contributed by atoms with Crippen molar-refractivity contribution in [2.24, 2.45) is 0 Å². The van der Waals surface area contributed by atoms with Gasteiger partial charge < -0.3 is 0 Å². The van der Waals surface area contributed by atoms with Gasteiger partial charge in [0.2, 0.25) is 0 Å². The van der Waals surface area contributed by atoms with Gasteiger partial charge in [0.05, 0.1) is 5.56 Å². The molecule has 0 heterocycles. The van der Waals surface area contributed by atoms with Gasteiger partial charge in [-0.1, -0.05) is 20.8 Å². The monoisotopic (exact) mass is 245 g/mol. The Bertz CT molecular complexity index is 555. The molecule has 18 heavy (non-hydrogen) atoms. The van der Waals surface area contributed by atoms with Crippen LogP contribution in [0.4, 0.5) is 4.39 Å². The summed E-state index contributed by atoms with van der Waals surface area (Å²) in [5.74, 6) is -0.227. The van der Waals surface area contributed by atoms with Gasteiger partial charge in [0.15, 0.2) is 0 Å². The lowest BCUT2D eigenvalue weighted by Gasteiger charge is -2.26. The van der Waals surface area contributed by atoms with Gasteiger partial charge in [0.25, 0.3) is 0 Å². The molecule has 2 nitrogen and oxygen atoms in total. The largest absolute Gasteiger partial charge is 0.299 e. The fourth-order valence-electron chi connectivity index (χ4n) is 2.76. The number of hydrogen-bond donors (Lipinski definition) is 0. The zero-order valence-electron chi connectivity index (χ0n) is 10.9. The topological polar surface area (TPSA) is 40.9 Å². The van der Waals surface area contributed by atoms with Crippen LogP contribution in [0.3, 0.4) is 0 Å². The third-order valence-electron chi connectivity index (χ3n) is 3.59. The number of hydrogen-bond acceptors (Lipinski definition) is 2. The highest BCUT2D eigenvalue weighted by atomic mass is 19.1. The SMILES string of the molecule is CC(C)c1cc(C#N)c(F)c2c1CC(=O)CC2C. The van der Waals surface area contributed by atoms with Crippen molar-refractivity contribution in [3.05, 3.63) is 34.1 Å².